The standard InChI is InChI=1S/C16H18O2/c1-3-11-5-7-16(18)14(9-11)13-6-8-15(17)12(4-2)10-13/h5-10,17-18H,3-4H2,1-2H3. The van der Waals surface area contributed by atoms with Gasteiger partial charge in [0.1, 0.15) is 11.5 Å². The summed E-state index contributed by atoms with van der Waals surface area (Å²) < 4.78 is 0. The number of aromatic hydroxyl groups is 2. The molecule has 0 radical (unpaired) electrons. The molecule has 0 saturated heterocycles. The molecule has 0 amide bonds. The van der Waals surface area contributed by atoms with Crippen LogP contribution >= 0.6 is 0 Å². The summed E-state index contributed by atoms with van der Waals surface area (Å²) in [7, 11) is 0. The molecule has 0 heterocycles. The lowest BCUT2D eigenvalue weighted by atomic mass is 9.98. The van der Waals surface area contributed by atoms with Crippen LogP contribution in [0.15, 0.2) is 36.4 Å². The Bertz CT molecular complexity index is 559. The zero-order valence-electron chi connectivity index (χ0n) is 10.8. The van der Waals surface area contributed by atoms with E-state index in [9.17, 15) is 10.2 Å². The molecular formula is C16H18O2. The van der Waals surface area contributed by atoms with E-state index in [2.05, 4.69) is 6.92 Å². The van der Waals surface area contributed by atoms with Gasteiger partial charge in [-0.2, -0.15) is 0 Å². The average Bonchev–Trinajstić information content (AvgIpc) is 2.40. The van der Waals surface area contributed by atoms with Crippen LogP contribution in [0.1, 0.15) is 25.0 Å². The van der Waals surface area contributed by atoms with Crippen LogP contribution < -0.4 is 0 Å². The Morgan fingerprint density at radius 1 is 0.833 bits per heavy atom. The maximum atomic E-state index is 9.95. The van der Waals surface area contributed by atoms with E-state index in [0.717, 1.165) is 29.5 Å². The predicted molar refractivity (Wildman–Crippen MR) is 74.0 cm³/mol. The van der Waals surface area contributed by atoms with Crippen molar-refractivity contribution in [3.05, 3.63) is 47.5 Å². The van der Waals surface area contributed by atoms with Crippen molar-refractivity contribution >= 4 is 0 Å². The van der Waals surface area contributed by atoms with E-state index in [1.54, 1.807) is 12.1 Å². The van der Waals surface area contributed by atoms with E-state index in [1.165, 1.54) is 5.56 Å². The molecule has 0 fully saturated rings. The van der Waals surface area contributed by atoms with Gasteiger partial charge in [0.05, 0.1) is 0 Å². The van der Waals surface area contributed by atoms with Crippen molar-refractivity contribution in [3.63, 3.8) is 0 Å². The molecule has 2 rings (SSSR count). The lowest BCUT2D eigenvalue weighted by molar-refractivity contribution is 0.468. The zero-order chi connectivity index (χ0) is 13.1. The van der Waals surface area contributed by atoms with Crippen molar-refractivity contribution in [3.8, 4) is 22.6 Å². The van der Waals surface area contributed by atoms with Crippen LogP contribution in [0.2, 0.25) is 0 Å². The highest BCUT2D eigenvalue weighted by molar-refractivity contribution is 5.72. The Kier molecular flexibility index (Phi) is 3.56. The van der Waals surface area contributed by atoms with E-state index in [4.69, 9.17) is 0 Å². The fourth-order valence-electron chi connectivity index (χ4n) is 2.07. The third kappa shape index (κ3) is 2.33. The summed E-state index contributed by atoms with van der Waals surface area (Å²) in [6, 6.07) is 11.1. The molecule has 2 heteroatoms. The summed E-state index contributed by atoms with van der Waals surface area (Å²) in [6.07, 6.45) is 1.71. The second kappa shape index (κ2) is 5.13. The van der Waals surface area contributed by atoms with Gasteiger partial charge in [-0.05, 0) is 53.8 Å². The van der Waals surface area contributed by atoms with Crippen molar-refractivity contribution in [2.24, 2.45) is 0 Å². The van der Waals surface area contributed by atoms with Gasteiger partial charge in [-0.25, -0.2) is 0 Å². The number of benzene rings is 2. The number of rotatable bonds is 3. The Hall–Kier alpha value is -1.96. The lowest BCUT2D eigenvalue weighted by Gasteiger charge is -2.09. The number of phenolic OH excluding ortho intramolecular Hbond substituents is 2. The highest BCUT2D eigenvalue weighted by atomic mass is 16.3. The molecule has 0 aliphatic rings. The molecule has 0 spiro atoms. The molecule has 0 saturated carbocycles. The highest BCUT2D eigenvalue weighted by Gasteiger charge is 2.08. The Morgan fingerprint density at radius 2 is 1.56 bits per heavy atom. The van der Waals surface area contributed by atoms with Crippen molar-refractivity contribution in [1.82, 2.24) is 0 Å². The monoisotopic (exact) mass is 242 g/mol. The second-order valence-electron chi connectivity index (χ2n) is 4.40. The minimum Gasteiger partial charge on any atom is -0.508 e. The van der Waals surface area contributed by atoms with Crippen LogP contribution in [-0.2, 0) is 12.8 Å². The van der Waals surface area contributed by atoms with Gasteiger partial charge in [0.15, 0.2) is 0 Å². The molecule has 94 valence electrons. The van der Waals surface area contributed by atoms with Gasteiger partial charge >= 0.3 is 0 Å². The molecule has 0 aliphatic carbocycles. The van der Waals surface area contributed by atoms with Crippen LogP contribution in [-0.4, -0.2) is 10.2 Å². The van der Waals surface area contributed by atoms with Gasteiger partial charge in [-0.3, -0.25) is 0 Å². The Labute approximate surface area is 108 Å². The average molecular weight is 242 g/mol. The fourth-order valence-corrected chi connectivity index (χ4v) is 2.07. The normalized spacial score (nSPS) is 10.6. The molecule has 2 N–H and O–H groups in total. The van der Waals surface area contributed by atoms with Gasteiger partial charge in [0, 0.05) is 5.56 Å². The van der Waals surface area contributed by atoms with Crippen molar-refractivity contribution < 1.29 is 10.2 Å². The molecular weight excluding hydrogens is 224 g/mol. The zero-order valence-corrected chi connectivity index (χ0v) is 10.8. The SMILES string of the molecule is CCc1ccc(O)c(-c2ccc(O)c(CC)c2)c1. The number of aryl methyl sites for hydroxylation is 2. The van der Waals surface area contributed by atoms with Gasteiger partial charge in [0.2, 0.25) is 0 Å². The third-order valence-corrected chi connectivity index (χ3v) is 3.24. The van der Waals surface area contributed by atoms with Crippen molar-refractivity contribution in [2.45, 2.75) is 26.7 Å². The quantitative estimate of drug-likeness (QED) is 0.857. The molecule has 0 aromatic heterocycles. The van der Waals surface area contributed by atoms with Gasteiger partial charge in [-0.1, -0.05) is 26.0 Å². The summed E-state index contributed by atoms with van der Waals surface area (Å²) in [4.78, 5) is 0. The van der Waals surface area contributed by atoms with Crippen LogP contribution in [0.5, 0.6) is 11.5 Å². The first-order valence-electron chi connectivity index (χ1n) is 6.29. The maximum absolute atomic E-state index is 9.95. The lowest BCUT2D eigenvalue weighted by Crippen LogP contribution is -1.87. The van der Waals surface area contributed by atoms with Crippen LogP contribution in [0.4, 0.5) is 0 Å². The minimum atomic E-state index is 0.278. The summed E-state index contributed by atoms with van der Waals surface area (Å²) in [5.41, 5.74) is 3.85. The summed E-state index contributed by atoms with van der Waals surface area (Å²) in [5.74, 6) is 0.590. The first-order valence-corrected chi connectivity index (χ1v) is 6.29. The van der Waals surface area contributed by atoms with E-state index in [1.807, 2.05) is 31.2 Å². The number of hydrogen-bond acceptors (Lipinski definition) is 2. The topological polar surface area (TPSA) is 40.5 Å². The largest absolute Gasteiger partial charge is 0.508 e. The highest BCUT2D eigenvalue weighted by Crippen LogP contribution is 2.33. The Morgan fingerprint density at radius 3 is 2.22 bits per heavy atom. The predicted octanol–water partition coefficient (Wildman–Crippen LogP) is 3.89. The van der Waals surface area contributed by atoms with Gasteiger partial charge in [0.25, 0.3) is 0 Å². The van der Waals surface area contributed by atoms with E-state index < -0.39 is 0 Å². The van der Waals surface area contributed by atoms with Crippen LogP contribution in [0, 0.1) is 0 Å². The van der Waals surface area contributed by atoms with Gasteiger partial charge < -0.3 is 10.2 Å². The van der Waals surface area contributed by atoms with E-state index >= 15 is 0 Å². The van der Waals surface area contributed by atoms with Crippen molar-refractivity contribution in [1.29, 1.82) is 0 Å². The molecule has 0 aliphatic heterocycles. The Balaban J connectivity index is 2.54. The molecule has 2 nitrogen and oxygen atoms in total. The molecule has 0 atom stereocenters. The first kappa shape index (κ1) is 12.5. The van der Waals surface area contributed by atoms with E-state index in [-0.39, 0.29) is 5.75 Å². The minimum absolute atomic E-state index is 0.278. The third-order valence-electron chi connectivity index (χ3n) is 3.24. The molecule has 0 bridgehead atoms. The number of hydrogen-bond donors (Lipinski definition) is 2. The molecule has 2 aromatic rings. The molecule has 0 unspecified atom stereocenters. The number of phenols is 2. The smallest absolute Gasteiger partial charge is 0.123 e. The molecule has 18 heavy (non-hydrogen) atoms. The van der Waals surface area contributed by atoms with Crippen LogP contribution in [0.25, 0.3) is 11.1 Å². The second-order valence-corrected chi connectivity index (χ2v) is 4.40. The first-order chi connectivity index (χ1) is 8.65. The maximum Gasteiger partial charge on any atom is 0.123 e. The summed E-state index contributed by atoms with van der Waals surface area (Å²) in [6.45, 7) is 4.09. The van der Waals surface area contributed by atoms with Crippen LogP contribution in [0.3, 0.4) is 0 Å². The van der Waals surface area contributed by atoms with Gasteiger partial charge in [-0.15, -0.1) is 0 Å². The fraction of sp³-hybridized carbons (Fsp3) is 0.250. The van der Waals surface area contributed by atoms with E-state index in [0.29, 0.717) is 5.75 Å². The molecule has 2 aromatic carbocycles. The summed E-state index contributed by atoms with van der Waals surface area (Å²) in [5, 5.41) is 19.6. The summed E-state index contributed by atoms with van der Waals surface area (Å²) >= 11 is 0. The van der Waals surface area contributed by atoms with Crippen molar-refractivity contribution in [2.75, 3.05) is 0 Å².